The van der Waals surface area contributed by atoms with Crippen molar-refractivity contribution in [3.05, 3.63) is 33.3 Å². The standard InChI is InChI=1S/C24H32N4O3S/c1-14-7-6-8-18(15(14)2)25-20(29)9-4-5-12-28-23(30)22-21(27-24(28)32)17-13-16(31-3)10-11-19(17)26-22/h10-11,13-15,18,26H,4-9,12H2,1-3H3,(H,25,29)(H,27,32)/t14-,15-,18+/m0/s1. The zero-order valence-electron chi connectivity index (χ0n) is 19.0. The SMILES string of the molecule is COc1ccc2[nH]c3c(=O)n(CCCCC(=O)N[C@@H]4CCC[C@H](C)[C@@H]4C)c(=S)[nH]c3c2c1. The minimum atomic E-state index is -0.145. The van der Waals surface area contributed by atoms with Crippen LogP contribution >= 0.6 is 12.2 Å². The van der Waals surface area contributed by atoms with E-state index in [0.29, 0.717) is 53.4 Å². The summed E-state index contributed by atoms with van der Waals surface area (Å²) in [5.74, 6) is 2.00. The van der Waals surface area contributed by atoms with Crippen LogP contribution in [-0.2, 0) is 11.3 Å². The van der Waals surface area contributed by atoms with Crippen molar-refractivity contribution in [1.29, 1.82) is 0 Å². The topological polar surface area (TPSA) is 91.9 Å². The first kappa shape index (κ1) is 22.6. The summed E-state index contributed by atoms with van der Waals surface area (Å²) >= 11 is 5.47. The summed E-state index contributed by atoms with van der Waals surface area (Å²) in [5, 5.41) is 4.09. The van der Waals surface area contributed by atoms with Crippen LogP contribution in [0, 0.1) is 16.6 Å². The Labute approximate surface area is 192 Å². The van der Waals surface area contributed by atoms with Gasteiger partial charge in [-0.05, 0) is 61.5 Å². The van der Waals surface area contributed by atoms with Gasteiger partial charge in [-0.1, -0.05) is 26.7 Å². The van der Waals surface area contributed by atoms with Crippen molar-refractivity contribution in [3.8, 4) is 5.75 Å². The number of aromatic amines is 2. The predicted molar refractivity (Wildman–Crippen MR) is 130 cm³/mol. The van der Waals surface area contributed by atoms with Gasteiger partial charge in [0.1, 0.15) is 11.3 Å². The van der Waals surface area contributed by atoms with Crippen molar-refractivity contribution in [1.82, 2.24) is 19.9 Å². The smallest absolute Gasteiger partial charge is 0.278 e. The van der Waals surface area contributed by atoms with Crippen LogP contribution in [0.3, 0.4) is 0 Å². The quantitative estimate of drug-likeness (QED) is 0.356. The summed E-state index contributed by atoms with van der Waals surface area (Å²) in [6, 6.07) is 5.91. The fourth-order valence-corrected chi connectivity index (χ4v) is 5.09. The molecule has 0 saturated heterocycles. The maximum absolute atomic E-state index is 13.1. The molecular formula is C24H32N4O3S. The lowest BCUT2D eigenvalue weighted by atomic mass is 9.78. The molecule has 1 amide bonds. The zero-order valence-corrected chi connectivity index (χ0v) is 19.8. The number of aromatic nitrogens is 3. The minimum Gasteiger partial charge on any atom is -0.497 e. The van der Waals surface area contributed by atoms with E-state index < -0.39 is 0 Å². The molecule has 3 atom stereocenters. The summed E-state index contributed by atoms with van der Waals surface area (Å²) < 4.78 is 7.26. The Hall–Kier alpha value is -2.61. The lowest BCUT2D eigenvalue weighted by Crippen LogP contribution is -2.43. The zero-order chi connectivity index (χ0) is 22.8. The molecule has 0 radical (unpaired) electrons. The molecule has 1 aliphatic carbocycles. The number of benzene rings is 1. The molecule has 0 bridgehead atoms. The van der Waals surface area contributed by atoms with Crippen molar-refractivity contribution < 1.29 is 9.53 Å². The Morgan fingerprint density at radius 1 is 1.22 bits per heavy atom. The number of methoxy groups -OCH3 is 1. The van der Waals surface area contributed by atoms with E-state index in [-0.39, 0.29) is 17.5 Å². The number of fused-ring (bicyclic) bond motifs is 3. The summed E-state index contributed by atoms with van der Waals surface area (Å²) in [5.41, 5.74) is 1.90. The lowest BCUT2D eigenvalue weighted by Gasteiger charge is -2.34. The van der Waals surface area contributed by atoms with Crippen molar-refractivity contribution in [2.24, 2.45) is 11.8 Å². The molecule has 32 heavy (non-hydrogen) atoms. The van der Waals surface area contributed by atoms with E-state index in [0.717, 1.165) is 23.1 Å². The maximum Gasteiger partial charge on any atom is 0.278 e. The third-order valence-electron chi connectivity index (χ3n) is 7.03. The molecule has 0 spiro atoms. The van der Waals surface area contributed by atoms with E-state index in [9.17, 15) is 9.59 Å². The van der Waals surface area contributed by atoms with E-state index in [1.807, 2.05) is 18.2 Å². The summed E-state index contributed by atoms with van der Waals surface area (Å²) in [7, 11) is 1.61. The number of H-pyrrole nitrogens is 2. The second-order valence-electron chi connectivity index (χ2n) is 9.07. The summed E-state index contributed by atoms with van der Waals surface area (Å²) in [6.45, 7) is 4.98. The van der Waals surface area contributed by atoms with Crippen LogP contribution in [0.4, 0.5) is 0 Å². The fourth-order valence-electron chi connectivity index (χ4n) is 4.81. The molecule has 7 nitrogen and oxygen atoms in total. The third-order valence-corrected chi connectivity index (χ3v) is 7.35. The fraction of sp³-hybridized carbons (Fsp3) is 0.542. The van der Waals surface area contributed by atoms with Crippen LogP contribution < -0.4 is 15.6 Å². The van der Waals surface area contributed by atoms with E-state index in [2.05, 4.69) is 29.1 Å². The molecule has 1 saturated carbocycles. The molecule has 3 N–H and O–H groups in total. The molecule has 2 heterocycles. The number of carbonyl (C=O) groups excluding carboxylic acids is 1. The lowest BCUT2D eigenvalue weighted by molar-refractivity contribution is -0.122. The number of hydrogen-bond acceptors (Lipinski definition) is 4. The van der Waals surface area contributed by atoms with Crippen LogP contribution in [0.5, 0.6) is 5.75 Å². The number of nitrogens with zero attached hydrogens (tertiary/aromatic N) is 1. The highest BCUT2D eigenvalue weighted by Gasteiger charge is 2.27. The van der Waals surface area contributed by atoms with E-state index >= 15 is 0 Å². The molecule has 0 unspecified atom stereocenters. The van der Waals surface area contributed by atoms with E-state index in [4.69, 9.17) is 17.0 Å². The van der Waals surface area contributed by atoms with Gasteiger partial charge in [-0.3, -0.25) is 14.2 Å². The number of unbranched alkanes of at least 4 members (excludes halogenated alkanes) is 1. The third kappa shape index (κ3) is 4.46. The van der Waals surface area contributed by atoms with Crippen LogP contribution in [0.25, 0.3) is 21.9 Å². The number of hydrogen-bond donors (Lipinski definition) is 3. The van der Waals surface area contributed by atoms with E-state index in [1.54, 1.807) is 11.7 Å². The van der Waals surface area contributed by atoms with Crippen molar-refractivity contribution in [2.75, 3.05) is 7.11 Å². The number of ether oxygens (including phenoxy) is 1. The second kappa shape index (κ2) is 9.48. The number of amides is 1. The normalized spacial score (nSPS) is 21.2. The van der Waals surface area contributed by atoms with Crippen molar-refractivity contribution >= 4 is 40.1 Å². The highest BCUT2D eigenvalue weighted by molar-refractivity contribution is 7.71. The van der Waals surface area contributed by atoms with Crippen LogP contribution in [0.15, 0.2) is 23.0 Å². The van der Waals surface area contributed by atoms with Gasteiger partial charge in [-0.15, -0.1) is 0 Å². The van der Waals surface area contributed by atoms with Crippen LogP contribution in [-0.4, -0.2) is 33.6 Å². The second-order valence-corrected chi connectivity index (χ2v) is 9.46. The van der Waals surface area contributed by atoms with Crippen LogP contribution in [0.2, 0.25) is 0 Å². The first-order chi connectivity index (χ1) is 15.4. The largest absolute Gasteiger partial charge is 0.497 e. The molecular weight excluding hydrogens is 424 g/mol. The monoisotopic (exact) mass is 456 g/mol. The Morgan fingerprint density at radius 3 is 2.81 bits per heavy atom. The molecule has 172 valence electrons. The van der Waals surface area contributed by atoms with Crippen LogP contribution in [0.1, 0.15) is 52.4 Å². The van der Waals surface area contributed by atoms with Gasteiger partial charge in [0.25, 0.3) is 5.56 Å². The summed E-state index contributed by atoms with van der Waals surface area (Å²) in [6.07, 6.45) is 5.39. The molecule has 3 aromatic rings. The molecule has 2 aromatic heterocycles. The van der Waals surface area contributed by atoms with Crippen molar-refractivity contribution in [3.63, 3.8) is 0 Å². The van der Waals surface area contributed by atoms with Gasteiger partial charge in [0.2, 0.25) is 5.91 Å². The number of carbonyl (C=O) groups is 1. The average Bonchev–Trinajstić information content (AvgIpc) is 3.14. The van der Waals surface area contributed by atoms with Gasteiger partial charge in [0, 0.05) is 29.9 Å². The molecule has 8 heteroatoms. The van der Waals surface area contributed by atoms with Gasteiger partial charge in [0.15, 0.2) is 4.77 Å². The Bertz CT molecular complexity index is 1240. The Balaban J connectivity index is 1.40. The van der Waals surface area contributed by atoms with Crippen molar-refractivity contribution in [2.45, 2.75) is 65.0 Å². The Morgan fingerprint density at radius 2 is 2.03 bits per heavy atom. The summed E-state index contributed by atoms with van der Waals surface area (Å²) in [4.78, 5) is 31.9. The van der Waals surface area contributed by atoms with Gasteiger partial charge >= 0.3 is 0 Å². The van der Waals surface area contributed by atoms with Gasteiger partial charge in [-0.25, -0.2) is 0 Å². The molecule has 1 aliphatic rings. The molecule has 1 fully saturated rings. The molecule has 4 rings (SSSR count). The Kier molecular flexibility index (Phi) is 6.69. The maximum atomic E-state index is 13.1. The van der Waals surface area contributed by atoms with Gasteiger partial charge < -0.3 is 20.0 Å². The van der Waals surface area contributed by atoms with Gasteiger partial charge in [-0.2, -0.15) is 0 Å². The first-order valence-electron chi connectivity index (χ1n) is 11.5. The highest BCUT2D eigenvalue weighted by Crippen LogP contribution is 2.29. The highest BCUT2D eigenvalue weighted by atomic mass is 32.1. The number of nitrogens with one attached hydrogen (secondary N) is 3. The molecule has 1 aromatic carbocycles. The predicted octanol–water partition coefficient (Wildman–Crippen LogP) is 4.66. The van der Waals surface area contributed by atoms with Gasteiger partial charge in [0.05, 0.1) is 12.6 Å². The van der Waals surface area contributed by atoms with E-state index in [1.165, 1.54) is 12.8 Å². The molecule has 0 aliphatic heterocycles. The number of rotatable bonds is 7. The average molecular weight is 457 g/mol. The minimum absolute atomic E-state index is 0.105. The first-order valence-corrected chi connectivity index (χ1v) is 11.9.